The highest BCUT2D eigenvalue weighted by Gasteiger charge is 2.28. The maximum absolute atomic E-state index is 12.4. The van der Waals surface area contributed by atoms with E-state index in [2.05, 4.69) is 15.9 Å². The molecular weight excluding hydrogens is 322 g/mol. The lowest BCUT2D eigenvalue weighted by molar-refractivity contribution is -0.146. The quantitative estimate of drug-likeness (QED) is 0.778. The van der Waals surface area contributed by atoms with Gasteiger partial charge in [-0.05, 0) is 43.5 Å². The van der Waals surface area contributed by atoms with Gasteiger partial charge in [-0.1, -0.05) is 15.9 Å². The Balaban J connectivity index is 2.01. The first-order valence-corrected chi connectivity index (χ1v) is 7.45. The van der Waals surface area contributed by atoms with Crippen LogP contribution in [0.25, 0.3) is 0 Å². The Morgan fingerprint density at radius 1 is 1.30 bits per heavy atom. The number of carbonyl (C=O) groups excluding carboxylic acids is 2. The molecule has 1 aromatic rings. The van der Waals surface area contributed by atoms with E-state index in [0.29, 0.717) is 31.5 Å². The molecule has 5 heteroatoms. The molecule has 0 aliphatic carbocycles. The zero-order valence-electron chi connectivity index (χ0n) is 11.7. The fourth-order valence-electron chi connectivity index (χ4n) is 2.45. The van der Waals surface area contributed by atoms with Crippen LogP contribution in [-0.2, 0) is 9.53 Å². The molecule has 0 spiro atoms. The number of nitrogens with zero attached hydrogens (tertiary/aromatic N) is 1. The first-order valence-electron chi connectivity index (χ1n) is 6.66. The van der Waals surface area contributed by atoms with Crippen LogP contribution in [0.1, 0.15) is 28.8 Å². The number of hydrogen-bond acceptors (Lipinski definition) is 3. The van der Waals surface area contributed by atoms with E-state index in [4.69, 9.17) is 4.74 Å². The molecule has 0 radical (unpaired) electrons. The number of piperidine rings is 1. The first kappa shape index (κ1) is 15.0. The summed E-state index contributed by atoms with van der Waals surface area (Å²) >= 11 is 3.43. The average Bonchev–Trinajstić information content (AvgIpc) is 2.48. The number of halogens is 1. The third-order valence-corrected chi connectivity index (χ3v) is 4.61. The highest BCUT2D eigenvalue weighted by molar-refractivity contribution is 9.10. The zero-order chi connectivity index (χ0) is 14.7. The van der Waals surface area contributed by atoms with E-state index in [0.717, 1.165) is 10.0 Å². The van der Waals surface area contributed by atoms with Gasteiger partial charge in [0.1, 0.15) is 0 Å². The van der Waals surface area contributed by atoms with Gasteiger partial charge in [0.05, 0.1) is 13.0 Å². The summed E-state index contributed by atoms with van der Waals surface area (Å²) in [7, 11) is 1.41. The summed E-state index contributed by atoms with van der Waals surface area (Å²) in [5, 5.41) is 0. The van der Waals surface area contributed by atoms with Crippen molar-refractivity contribution in [1.82, 2.24) is 4.90 Å². The summed E-state index contributed by atoms with van der Waals surface area (Å²) in [6.07, 6.45) is 1.35. The molecule has 0 aromatic heterocycles. The van der Waals surface area contributed by atoms with Gasteiger partial charge in [0.15, 0.2) is 0 Å². The van der Waals surface area contributed by atoms with Crippen LogP contribution in [0.3, 0.4) is 0 Å². The van der Waals surface area contributed by atoms with Gasteiger partial charge in [0.2, 0.25) is 0 Å². The lowest BCUT2D eigenvalue weighted by atomic mass is 9.96. The lowest BCUT2D eigenvalue weighted by Crippen LogP contribution is -2.40. The van der Waals surface area contributed by atoms with Crippen LogP contribution in [0.5, 0.6) is 0 Å². The predicted octanol–water partition coefficient (Wildman–Crippen LogP) is 2.78. The van der Waals surface area contributed by atoms with Crippen molar-refractivity contribution < 1.29 is 14.3 Å². The van der Waals surface area contributed by atoms with Crippen LogP contribution < -0.4 is 0 Å². The summed E-state index contributed by atoms with van der Waals surface area (Å²) in [5.74, 6) is -0.212. The summed E-state index contributed by atoms with van der Waals surface area (Å²) in [4.78, 5) is 25.7. The van der Waals surface area contributed by atoms with E-state index in [-0.39, 0.29) is 17.8 Å². The highest BCUT2D eigenvalue weighted by Crippen LogP contribution is 2.22. The van der Waals surface area contributed by atoms with Crippen molar-refractivity contribution in [3.8, 4) is 0 Å². The molecule has 1 heterocycles. The first-order chi connectivity index (χ1) is 9.52. The molecule has 1 fully saturated rings. The standard InChI is InChI=1S/C15H18BrNO3/c1-10-9-12(3-4-13(10)16)14(18)17-7-5-11(6-8-17)15(19)20-2/h3-4,9,11H,5-8H2,1-2H3. The number of likely N-dealkylation sites (tertiary alicyclic amines) is 1. The van der Waals surface area contributed by atoms with Crippen LogP contribution in [-0.4, -0.2) is 37.0 Å². The molecule has 0 unspecified atom stereocenters. The number of methoxy groups -OCH3 is 1. The Morgan fingerprint density at radius 2 is 1.95 bits per heavy atom. The van der Waals surface area contributed by atoms with Crippen molar-refractivity contribution in [2.24, 2.45) is 5.92 Å². The number of hydrogen-bond donors (Lipinski definition) is 0. The molecule has 1 aliphatic heterocycles. The number of aryl methyl sites for hydroxylation is 1. The third kappa shape index (κ3) is 3.20. The third-order valence-electron chi connectivity index (χ3n) is 3.72. The molecule has 1 amide bonds. The van der Waals surface area contributed by atoms with Gasteiger partial charge in [-0.15, -0.1) is 0 Å². The van der Waals surface area contributed by atoms with Crippen molar-refractivity contribution in [1.29, 1.82) is 0 Å². The molecule has 2 rings (SSSR count). The fraction of sp³-hybridized carbons (Fsp3) is 0.467. The molecule has 20 heavy (non-hydrogen) atoms. The number of carbonyl (C=O) groups is 2. The smallest absolute Gasteiger partial charge is 0.308 e. The number of benzene rings is 1. The minimum Gasteiger partial charge on any atom is -0.469 e. The van der Waals surface area contributed by atoms with Gasteiger partial charge < -0.3 is 9.64 Å². The summed E-state index contributed by atoms with van der Waals surface area (Å²) in [6, 6.07) is 5.61. The van der Waals surface area contributed by atoms with Crippen molar-refractivity contribution in [2.75, 3.05) is 20.2 Å². The van der Waals surface area contributed by atoms with Gasteiger partial charge >= 0.3 is 5.97 Å². The topological polar surface area (TPSA) is 46.6 Å². The molecule has 1 saturated heterocycles. The maximum Gasteiger partial charge on any atom is 0.308 e. The van der Waals surface area contributed by atoms with Crippen LogP contribution in [0.4, 0.5) is 0 Å². The van der Waals surface area contributed by atoms with E-state index in [1.54, 1.807) is 0 Å². The zero-order valence-corrected chi connectivity index (χ0v) is 13.3. The van der Waals surface area contributed by atoms with Crippen molar-refractivity contribution in [3.63, 3.8) is 0 Å². The van der Waals surface area contributed by atoms with E-state index in [1.807, 2.05) is 30.0 Å². The van der Waals surface area contributed by atoms with Gasteiger partial charge in [-0.25, -0.2) is 0 Å². The predicted molar refractivity (Wildman–Crippen MR) is 79.5 cm³/mol. The van der Waals surface area contributed by atoms with E-state index >= 15 is 0 Å². The summed E-state index contributed by atoms with van der Waals surface area (Å²) in [6.45, 7) is 3.17. The Kier molecular flexibility index (Phi) is 4.81. The Morgan fingerprint density at radius 3 is 2.50 bits per heavy atom. The second kappa shape index (κ2) is 6.39. The van der Waals surface area contributed by atoms with E-state index in [1.165, 1.54) is 7.11 Å². The molecule has 4 nitrogen and oxygen atoms in total. The second-order valence-electron chi connectivity index (χ2n) is 5.05. The molecular formula is C15H18BrNO3. The molecule has 1 aromatic carbocycles. The molecule has 0 atom stereocenters. The van der Waals surface area contributed by atoms with Crippen LogP contribution in [0.2, 0.25) is 0 Å². The number of ether oxygens (including phenoxy) is 1. The van der Waals surface area contributed by atoms with Gasteiger partial charge in [0, 0.05) is 23.1 Å². The summed E-state index contributed by atoms with van der Waals surface area (Å²) in [5.41, 5.74) is 1.74. The van der Waals surface area contributed by atoms with Gasteiger partial charge in [0.25, 0.3) is 5.91 Å². The molecule has 0 bridgehead atoms. The Hall–Kier alpha value is -1.36. The van der Waals surface area contributed by atoms with Crippen molar-refractivity contribution in [3.05, 3.63) is 33.8 Å². The Bertz CT molecular complexity index is 522. The number of amides is 1. The lowest BCUT2D eigenvalue weighted by Gasteiger charge is -2.30. The maximum atomic E-state index is 12.4. The molecule has 0 saturated carbocycles. The number of rotatable bonds is 2. The van der Waals surface area contributed by atoms with Crippen molar-refractivity contribution in [2.45, 2.75) is 19.8 Å². The normalized spacial score (nSPS) is 16.1. The molecule has 1 aliphatic rings. The van der Waals surface area contributed by atoms with Crippen molar-refractivity contribution >= 4 is 27.8 Å². The van der Waals surface area contributed by atoms with E-state index in [9.17, 15) is 9.59 Å². The van der Waals surface area contributed by atoms with Gasteiger partial charge in [-0.3, -0.25) is 9.59 Å². The molecule has 0 N–H and O–H groups in total. The minimum atomic E-state index is -0.170. The van der Waals surface area contributed by atoms with Crippen LogP contribution >= 0.6 is 15.9 Å². The average molecular weight is 340 g/mol. The fourth-order valence-corrected chi connectivity index (χ4v) is 2.69. The number of esters is 1. The SMILES string of the molecule is COC(=O)C1CCN(C(=O)c2ccc(Br)c(C)c2)CC1. The largest absolute Gasteiger partial charge is 0.469 e. The van der Waals surface area contributed by atoms with Crippen LogP contribution in [0.15, 0.2) is 22.7 Å². The van der Waals surface area contributed by atoms with Gasteiger partial charge in [-0.2, -0.15) is 0 Å². The second-order valence-corrected chi connectivity index (χ2v) is 5.91. The Labute approximate surface area is 127 Å². The minimum absolute atomic E-state index is 0.0314. The monoisotopic (exact) mass is 339 g/mol. The van der Waals surface area contributed by atoms with Crippen LogP contribution in [0, 0.1) is 12.8 Å². The van der Waals surface area contributed by atoms with E-state index < -0.39 is 0 Å². The molecule has 108 valence electrons. The highest BCUT2D eigenvalue weighted by atomic mass is 79.9. The summed E-state index contributed by atoms with van der Waals surface area (Å²) < 4.78 is 5.75.